The summed E-state index contributed by atoms with van der Waals surface area (Å²) in [4.78, 5) is 0. The molecule has 0 radical (unpaired) electrons. The second kappa shape index (κ2) is 5.40. The molecule has 0 atom stereocenters. The van der Waals surface area contributed by atoms with Crippen molar-refractivity contribution in [1.82, 2.24) is 5.32 Å². The van der Waals surface area contributed by atoms with Gasteiger partial charge in [0.15, 0.2) is 0 Å². The molecule has 1 rings (SSSR count). The fourth-order valence-corrected chi connectivity index (χ4v) is 1.38. The van der Waals surface area contributed by atoms with Crippen molar-refractivity contribution in [3.05, 3.63) is 29.3 Å². The number of aryl methyl sites for hydroxylation is 1. The standard InChI is InChI=1S/C12H16F3NO/c1-8(2)16-7-10-4-5-11(6-9(10)3)17-12(13,14)15/h4-6,8,16H,7H2,1-3H3. The summed E-state index contributed by atoms with van der Waals surface area (Å²) in [5, 5.41) is 3.21. The Bertz CT molecular complexity index is 375. The first-order valence-electron chi connectivity index (χ1n) is 5.36. The van der Waals surface area contributed by atoms with Crippen molar-refractivity contribution in [2.75, 3.05) is 0 Å². The maximum Gasteiger partial charge on any atom is 0.573 e. The third kappa shape index (κ3) is 5.08. The largest absolute Gasteiger partial charge is 0.573 e. The second-order valence-corrected chi connectivity index (χ2v) is 4.17. The Morgan fingerprint density at radius 2 is 1.94 bits per heavy atom. The topological polar surface area (TPSA) is 21.3 Å². The van der Waals surface area contributed by atoms with Crippen LogP contribution < -0.4 is 10.1 Å². The molecule has 1 aromatic carbocycles. The van der Waals surface area contributed by atoms with Gasteiger partial charge in [0.1, 0.15) is 5.75 Å². The molecule has 0 heterocycles. The number of benzene rings is 1. The van der Waals surface area contributed by atoms with Gasteiger partial charge in [-0.15, -0.1) is 13.2 Å². The molecule has 0 aliphatic heterocycles. The van der Waals surface area contributed by atoms with Crippen LogP contribution in [0.1, 0.15) is 25.0 Å². The number of rotatable bonds is 4. The van der Waals surface area contributed by atoms with Crippen molar-refractivity contribution in [1.29, 1.82) is 0 Å². The maximum absolute atomic E-state index is 12.0. The number of halogens is 3. The minimum atomic E-state index is -4.63. The third-order valence-electron chi connectivity index (χ3n) is 2.25. The Balaban J connectivity index is 2.72. The van der Waals surface area contributed by atoms with E-state index >= 15 is 0 Å². The molecule has 0 saturated heterocycles. The van der Waals surface area contributed by atoms with Crippen LogP contribution in [0.15, 0.2) is 18.2 Å². The zero-order valence-electron chi connectivity index (χ0n) is 10.1. The fourth-order valence-electron chi connectivity index (χ4n) is 1.38. The summed E-state index contributed by atoms with van der Waals surface area (Å²) in [6, 6.07) is 4.70. The average molecular weight is 247 g/mol. The van der Waals surface area contributed by atoms with Gasteiger partial charge in [0.05, 0.1) is 0 Å². The van der Waals surface area contributed by atoms with Gasteiger partial charge < -0.3 is 10.1 Å². The van der Waals surface area contributed by atoms with Gasteiger partial charge in [-0.1, -0.05) is 19.9 Å². The van der Waals surface area contributed by atoms with Crippen LogP contribution in [0.3, 0.4) is 0 Å². The molecule has 0 unspecified atom stereocenters. The predicted molar refractivity (Wildman–Crippen MR) is 59.8 cm³/mol. The summed E-state index contributed by atoms with van der Waals surface area (Å²) in [5.74, 6) is -0.178. The second-order valence-electron chi connectivity index (χ2n) is 4.17. The van der Waals surface area contributed by atoms with Gasteiger partial charge in [0.2, 0.25) is 0 Å². The SMILES string of the molecule is Cc1cc(OC(F)(F)F)ccc1CNC(C)C. The van der Waals surface area contributed by atoms with Gasteiger partial charge in [0, 0.05) is 12.6 Å². The molecule has 0 aliphatic rings. The van der Waals surface area contributed by atoms with Gasteiger partial charge in [-0.05, 0) is 30.2 Å². The van der Waals surface area contributed by atoms with Crippen LogP contribution >= 0.6 is 0 Å². The lowest BCUT2D eigenvalue weighted by atomic mass is 10.1. The summed E-state index contributed by atoms with van der Waals surface area (Å²) in [5.41, 5.74) is 1.74. The highest BCUT2D eigenvalue weighted by atomic mass is 19.4. The lowest BCUT2D eigenvalue weighted by Gasteiger charge is -2.13. The molecular formula is C12H16F3NO. The molecule has 0 fully saturated rings. The lowest BCUT2D eigenvalue weighted by molar-refractivity contribution is -0.274. The van der Waals surface area contributed by atoms with Crippen molar-refractivity contribution in [3.63, 3.8) is 0 Å². The van der Waals surface area contributed by atoms with Gasteiger partial charge in [-0.2, -0.15) is 0 Å². The zero-order valence-corrected chi connectivity index (χ0v) is 10.1. The molecule has 0 spiro atoms. The van der Waals surface area contributed by atoms with E-state index in [1.54, 1.807) is 13.0 Å². The Kier molecular flexibility index (Phi) is 4.40. The van der Waals surface area contributed by atoms with E-state index in [1.165, 1.54) is 12.1 Å². The lowest BCUT2D eigenvalue weighted by Crippen LogP contribution is -2.22. The van der Waals surface area contributed by atoms with E-state index in [-0.39, 0.29) is 5.75 Å². The molecule has 0 amide bonds. The van der Waals surface area contributed by atoms with Gasteiger partial charge in [-0.25, -0.2) is 0 Å². The first kappa shape index (κ1) is 13.8. The van der Waals surface area contributed by atoms with Crippen LogP contribution in [0.4, 0.5) is 13.2 Å². The highest BCUT2D eigenvalue weighted by Crippen LogP contribution is 2.24. The molecule has 5 heteroatoms. The van der Waals surface area contributed by atoms with E-state index in [0.29, 0.717) is 12.6 Å². The molecule has 0 aliphatic carbocycles. The van der Waals surface area contributed by atoms with Crippen molar-refractivity contribution in [3.8, 4) is 5.75 Å². The molecule has 2 nitrogen and oxygen atoms in total. The summed E-state index contributed by atoms with van der Waals surface area (Å²) < 4.78 is 39.8. The van der Waals surface area contributed by atoms with Crippen molar-refractivity contribution >= 4 is 0 Å². The van der Waals surface area contributed by atoms with E-state index in [1.807, 2.05) is 13.8 Å². The van der Waals surface area contributed by atoms with Gasteiger partial charge in [0.25, 0.3) is 0 Å². The molecule has 1 N–H and O–H groups in total. The van der Waals surface area contributed by atoms with Crippen LogP contribution in [0.2, 0.25) is 0 Å². The van der Waals surface area contributed by atoms with Gasteiger partial charge >= 0.3 is 6.36 Å². The van der Waals surface area contributed by atoms with Crippen molar-refractivity contribution in [2.24, 2.45) is 0 Å². The van der Waals surface area contributed by atoms with E-state index in [9.17, 15) is 13.2 Å². The minimum Gasteiger partial charge on any atom is -0.406 e. The molecule has 0 aromatic heterocycles. The Labute approximate surface area is 98.8 Å². The predicted octanol–water partition coefficient (Wildman–Crippen LogP) is 3.39. The van der Waals surface area contributed by atoms with Crippen LogP contribution in [0, 0.1) is 6.92 Å². The van der Waals surface area contributed by atoms with Gasteiger partial charge in [-0.3, -0.25) is 0 Å². The third-order valence-corrected chi connectivity index (χ3v) is 2.25. The highest BCUT2D eigenvalue weighted by Gasteiger charge is 2.31. The summed E-state index contributed by atoms with van der Waals surface area (Å²) in [6.45, 7) is 6.42. The zero-order chi connectivity index (χ0) is 13.1. The number of ether oxygens (including phenoxy) is 1. The van der Waals surface area contributed by atoms with E-state index in [0.717, 1.165) is 11.1 Å². The van der Waals surface area contributed by atoms with Crippen LogP contribution in [0.5, 0.6) is 5.75 Å². The van der Waals surface area contributed by atoms with E-state index in [4.69, 9.17) is 0 Å². The van der Waals surface area contributed by atoms with Crippen molar-refractivity contribution in [2.45, 2.75) is 39.7 Å². The molecule has 0 bridgehead atoms. The van der Waals surface area contributed by atoms with Crippen molar-refractivity contribution < 1.29 is 17.9 Å². The first-order chi connectivity index (χ1) is 7.78. The molecule has 17 heavy (non-hydrogen) atoms. The number of hydrogen-bond acceptors (Lipinski definition) is 2. The Morgan fingerprint density at radius 1 is 1.29 bits per heavy atom. The van der Waals surface area contributed by atoms with Crippen LogP contribution in [-0.2, 0) is 6.54 Å². The Morgan fingerprint density at radius 3 is 2.41 bits per heavy atom. The monoisotopic (exact) mass is 247 g/mol. The molecule has 96 valence electrons. The number of alkyl halides is 3. The number of hydrogen-bond donors (Lipinski definition) is 1. The minimum absolute atomic E-state index is 0.178. The average Bonchev–Trinajstić information content (AvgIpc) is 2.13. The smallest absolute Gasteiger partial charge is 0.406 e. The van der Waals surface area contributed by atoms with Crippen LogP contribution in [0.25, 0.3) is 0 Å². The van der Waals surface area contributed by atoms with Crippen LogP contribution in [-0.4, -0.2) is 12.4 Å². The molecule has 0 saturated carbocycles. The first-order valence-corrected chi connectivity index (χ1v) is 5.36. The number of nitrogens with one attached hydrogen (secondary N) is 1. The Hall–Kier alpha value is -1.23. The highest BCUT2D eigenvalue weighted by molar-refractivity contribution is 5.34. The van der Waals surface area contributed by atoms with E-state index in [2.05, 4.69) is 10.1 Å². The molecule has 1 aromatic rings. The summed E-state index contributed by atoms with van der Waals surface area (Å²) in [7, 11) is 0. The molecular weight excluding hydrogens is 231 g/mol. The quantitative estimate of drug-likeness (QED) is 0.880. The fraction of sp³-hybridized carbons (Fsp3) is 0.500. The maximum atomic E-state index is 12.0. The normalized spacial score (nSPS) is 11.9. The van der Waals surface area contributed by atoms with E-state index < -0.39 is 6.36 Å². The summed E-state index contributed by atoms with van der Waals surface area (Å²) in [6.07, 6.45) is -4.63. The summed E-state index contributed by atoms with van der Waals surface area (Å²) >= 11 is 0.